The number of ether oxygens (including phenoxy) is 2. The van der Waals surface area contributed by atoms with Gasteiger partial charge in [0.25, 0.3) is 0 Å². The predicted octanol–water partition coefficient (Wildman–Crippen LogP) is 2.48. The van der Waals surface area contributed by atoms with Gasteiger partial charge in [-0.15, -0.1) is 0 Å². The number of rotatable bonds is 4. The van der Waals surface area contributed by atoms with Crippen molar-refractivity contribution in [3.63, 3.8) is 0 Å². The number of nitrogens with zero attached hydrogens (tertiary/aromatic N) is 2. The molecule has 0 aliphatic carbocycles. The van der Waals surface area contributed by atoms with E-state index in [1.807, 2.05) is 47.5 Å². The van der Waals surface area contributed by atoms with Crippen LogP contribution in [0.5, 0.6) is 11.5 Å². The fraction of sp³-hybridized carbons (Fsp3) is 0.267. The summed E-state index contributed by atoms with van der Waals surface area (Å²) < 4.78 is 10.5. The van der Waals surface area contributed by atoms with Crippen LogP contribution in [0.15, 0.2) is 42.6 Å². The van der Waals surface area contributed by atoms with Gasteiger partial charge in [-0.25, -0.2) is 0 Å². The van der Waals surface area contributed by atoms with Crippen LogP contribution in [-0.2, 0) is 6.54 Å². The number of nitriles is 1. The van der Waals surface area contributed by atoms with Crippen LogP contribution in [-0.4, -0.2) is 25.2 Å². The van der Waals surface area contributed by atoms with Crippen LogP contribution >= 0.6 is 0 Å². The third kappa shape index (κ3) is 2.89. The molecule has 1 unspecified atom stereocenters. The average Bonchev–Trinajstić information content (AvgIpc) is 2.47. The van der Waals surface area contributed by atoms with Gasteiger partial charge in [-0.2, -0.15) is 5.26 Å². The molecule has 0 saturated carbocycles. The van der Waals surface area contributed by atoms with Gasteiger partial charge in [-0.05, 0) is 29.8 Å². The normalized spacial score (nSPS) is 17.1. The highest BCUT2D eigenvalue weighted by Gasteiger charge is 2.14. The van der Waals surface area contributed by atoms with E-state index in [9.17, 15) is 0 Å². The lowest BCUT2D eigenvalue weighted by Gasteiger charge is -2.25. The lowest BCUT2D eigenvalue weighted by Crippen LogP contribution is -2.28. The van der Waals surface area contributed by atoms with Gasteiger partial charge in [-0.3, -0.25) is 0 Å². The van der Waals surface area contributed by atoms with Crippen LogP contribution in [0.4, 0.5) is 0 Å². The number of methoxy groups -OCH3 is 2. The van der Waals surface area contributed by atoms with Gasteiger partial charge in [0, 0.05) is 12.7 Å². The second kappa shape index (κ2) is 5.96. The fourth-order valence-corrected chi connectivity index (χ4v) is 1.99. The fourth-order valence-electron chi connectivity index (χ4n) is 1.99. The molecule has 0 aromatic heterocycles. The molecule has 1 atom stereocenters. The van der Waals surface area contributed by atoms with Crippen LogP contribution in [0, 0.1) is 11.3 Å². The van der Waals surface area contributed by atoms with Gasteiger partial charge in [0.05, 0.1) is 20.3 Å². The molecule has 0 amide bonds. The molecule has 4 nitrogen and oxygen atoms in total. The Morgan fingerprint density at radius 1 is 1.21 bits per heavy atom. The highest BCUT2D eigenvalue weighted by molar-refractivity contribution is 5.43. The Morgan fingerprint density at radius 2 is 2.00 bits per heavy atom. The van der Waals surface area contributed by atoms with E-state index < -0.39 is 0 Å². The van der Waals surface area contributed by atoms with Gasteiger partial charge in [0.15, 0.2) is 11.5 Å². The number of allylic oxidation sites excluding steroid dienone is 2. The first-order valence-electron chi connectivity index (χ1n) is 5.99. The quantitative estimate of drug-likeness (QED) is 0.830. The molecule has 19 heavy (non-hydrogen) atoms. The van der Waals surface area contributed by atoms with E-state index in [-0.39, 0.29) is 6.04 Å². The maximum absolute atomic E-state index is 9.10. The summed E-state index contributed by atoms with van der Waals surface area (Å²) in [6.45, 7) is 0.652. The van der Waals surface area contributed by atoms with E-state index in [1.54, 1.807) is 14.2 Å². The summed E-state index contributed by atoms with van der Waals surface area (Å²) in [5.74, 6) is 1.40. The van der Waals surface area contributed by atoms with Crippen LogP contribution in [0.25, 0.3) is 0 Å². The van der Waals surface area contributed by atoms with E-state index in [1.165, 1.54) is 0 Å². The van der Waals surface area contributed by atoms with Crippen LogP contribution in [0.3, 0.4) is 0 Å². The van der Waals surface area contributed by atoms with Crippen molar-refractivity contribution >= 4 is 0 Å². The molecule has 0 spiro atoms. The standard InChI is InChI=1S/C15H16N2O2/c1-18-14-7-6-12(9-15(14)19-2)11-17-8-4-3-5-13(17)10-16/h3-9,13H,11H2,1-2H3. The van der Waals surface area contributed by atoms with Crippen molar-refractivity contribution in [2.45, 2.75) is 12.6 Å². The van der Waals surface area contributed by atoms with Crippen molar-refractivity contribution in [3.05, 3.63) is 48.2 Å². The average molecular weight is 256 g/mol. The number of benzene rings is 1. The molecular formula is C15H16N2O2. The molecular weight excluding hydrogens is 240 g/mol. The molecule has 1 heterocycles. The van der Waals surface area contributed by atoms with Crippen LogP contribution in [0.2, 0.25) is 0 Å². The SMILES string of the molecule is COc1ccc(CN2C=CC=CC2C#N)cc1OC. The van der Waals surface area contributed by atoms with E-state index in [4.69, 9.17) is 14.7 Å². The molecule has 0 bridgehead atoms. The minimum atomic E-state index is -0.224. The smallest absolute Gasteiger partial charge is 0.161 e. The van der Waals surface area contributed by atoms with Crippen molar-refractivity contribution in [3.8, 4) is 17.6 Å². The molecule has 98 valence electrons. The van der Waals surface area contributed by atoms with E-state index in [0.717, 1.165) is 5.56 Å². The van der Waals surface area contributed by atoms with Crippen molar-refractivity contribution in [1.29, 1.82) is 5.26 Å². The third-order valence-electron chi connectivity index (χ3n) is 2.98. The summed E-state index contributed by atoms with van der Waals surface area (Å²) in [6, 6.07) is 7.81. The van der Waals surface area contributed by atoms with Crippen molar-refractivity contribution in [2.75, 3.05) is 14.2 Å². The van der Waals surface area contributed by atoms with Crippen molar-refractivity contribution in [2.24, 2.45) is 0 Å². The minimum Gasteiger partial charge on any atom is -0.493 e. The zero-order valence-corrected chi connectivity index (χ0v) is 11.0. The first-order chi connectivity index (χ1) is 9.28. The van der Waals surface area contributed by atoms with E-state index >= 15 is 0 Å². The molecule has 1 aliphatic rings. The Bertz CT molecular complexity index is 544. The molecule has 0 N–H and O–H groups in total. The molecule has 1 aromatic carbocycles. The monoisotopic (exact) mass is 256 g/mol. The Balaban J connectivity index is 2.17. The topological polar surface area (TPSA) is 45.5 Å². The maximum atomic E-state index is 9.10. The largest absolute Gasteiger partial charge is 0.493 e. The van der Waals surface area contributed by atoms with Gasteiger partial charge >= 0.3 is 0 Å². The molecule has 2 rings (SSSR count). The Hall–Kier alpha value is -2.41. The zero-order valence-electron chi connectivity index (χ0n) is 11.0. The summed E-state index contributed by atoms with van der Waals surface area (Å²) in [5.41, 5.74) is 1.07. The first-order valence-corrected chi connectivity index (χ1v) is 5.99. The zero-order chi connectivity index (χ0) is 13.7. The molecule has 1 aromatic rings. The van der Waals surface area contributed by atoms with E-state index in [2.05, 4.69) is 6.07 Å². The summed E-state index contributed by atoms with van der Waals surface area (Å²) in [4.78, 5) is 1.97. The van der Waals surface area contributed by atoms with Crippen molar-refractivity contribution in [1.82, 2.24) is 4.90 Å². The highest BCUT2D eigenvalue weighted by Crippen LogP contribution is 2.28. The Labute approximate surface area is 113 Å². The molecule has 1 aliphatic heterocycles. The third-order valence-corrected chi connectivity index (χ3v) is 2.98. The first kappa shape index (κ1) is 13.0. The molecule has 4 heteroatoms. The molecule has 0 fully saturated rings. The summed E-state index contributed by atoms with van der Waals surface area (Å²) in [7, 11) is 3.23. The van der Waals surface area contributed by atoms with Gasteiger partial charge in [0.2, 0.25) is 0 Å². The number of hydrogen-bond donors (Lipinski definition) is 0. The maximum Gasteiger partial charge on any atom is 0.161 e. The number of hydrogen-bond acceptors (Lipinski definition) is 4. The summed E-state index contributed by atoms with van der Waals surface area (Å²) >= 11 is 0. The highest BCUT2D eigenvalue weighted by atomic mass is 16.5. The predicted molar refractivity (Wildman–Crippen MR) is 72.8 cm³/mol. The minimum absolute atomic E-state index is 0.224. The van der Waals surface area contributed by atoms with Crippen molar-refractivity contribution < 1.29 is 9.47 Å². The van der Waals surface area contributed by atoms with Gasteiger partial charge in [0.1, 0.15) is 6.04 Å². The van der Waals surface area contributed by atoms with Gasteiger partial charge < -0.3 is 14.4 Å². The summed E-state index contributed by atoms with van der Waals surface area (Å²) in [5, 5.41) is 9.10. The second-order valence-electron chi connectivity index (χ2n) is 4.16. The lowest BCUT2D eigenvalue weighted by atomic mass is 10.1. The van der Waals surface area contributed by atoms with E-state index in [0.29, 0.717) is 18.0 Å². The molecule has 0 saturated heterocycles. The second-order valence-corrected chi connectivity index (χ2v) is 4.16. The molecule has 0 radical (unpaired) electrons. The van der Waals surface area contributed by atoms with Gasteiger partial charge in [-0.1, -0.05) is 12.1 Å². The van der Waals surface area contributed by atoms with Crippen LogP contribution < -0.4 is 9.47 Å². The summed E-state index contributed by atoms with van der Waals surface area (Å²) in [6.07, 6.45) is 7.61. The Morgan fingerprint density at radius 3 is 2.68 bits per heavy atom. The van der Waals surface area contributed by atoms with Crippen LogP contribution in [0.1, 0.15) is 5.56 Å². The lowest BCUT2D eigenvalue weighted by molar-refractivity contribution is 0.344. The Kier molecular flexibility index (Phi) is 4.09.